The summed E-state index contributed by atoms with van der Waals surface area (Å²) in [6, 6.07) is 7.06. The Kier molecular flexibility index (Phi) is 8.93. The van der Waals surface area contributed by atoms with Crippen LogP contribution in [-0.2, 0) is 9.59 Å². The third-order valence-electron chi connectivity index (χ3n) is 10.1. The number of ether oxygens (including phenoxy) is 1. The topological polar surface area (TPSA) is 99.1 Å². The van der Waals surface area contributed by atoms with Crippen LogP contribution in [0.25, 0.3) is 0 Å². The fourth-order valence-corrected chi connectivity index (χ4v) is 8.21. The molecule has 0 radical (unpaired) electrons. The maximum atomic E-state index is 14.1. The average molecular weight is 651 g/mol. The largest absolute Gasteiger partial charge is 0.482 e. The zero-order chi connectivity index (χ0) is 27.7. The van der Waals surface area contributed by atoms with Gasteiger partial charge >= 0.3 is 0 Å². The molecular weight excluding hydrogens is 607 g/mol. The molecule has 0 spiro atoms. The Labute approximate surface area is 245 Å². The highest BCUT2D eigenvalue weighted by Gasteiger charge is 2.55. The minimum atomic E-state index is -0.966. The van der Waals surface area contributed by atoms with E-state index in [0.717, 1.165) is 41.6 Å². The molecule has 39 heavy (non-hydrogen) atoms. The predicted octanol–water partition coefficient (Wildman–Crippen LogP) is 4.30. The third-order valence-corrected chi connectivity index (χ3v) is 11.0. The van der Waals surface area contributed by atoms with Gasteiger partial charge in [-0.25, -0.2) is 0 Å². The first kappa shape index (κ1) is 28.9. The monoisotopic (exact) mass is 650 g/mol. The molecule has 8 heteroatoms. The van der Waals surface area contributed by atoms with Gasteiger partial charge in [0.15, 0.2) is 0 Å². The lowest BCUT2D eigenvalue weighted by Crippen LogP contribution is -2.60. The van der Waals surface area contributed by atoms with Crippen molar-refractivity contribution in [2.45, 2.75) is 83.5 Å². The SMILES string of the molecule is CC1(C)C2CCC(CN(C(=O)C3CCCC3)C3CC(C(=O)NCCO)=CC(Oc4ccccc4I)C3O)C1C2. The molecule has 0 saturated heterocycles. The van der Waals surface area contributed by atoms with Crippen LogP contribution < -0.4 is 10.1 Å². The Morgan fingerprint density at radius 3 is 2.56 bits per heavy atom. The van der Waals surface area contributed by atoms with Gasteiger partial charge in [-0.15, -0.1) is 0 Å². The highest BCUT2D eigenvalue weighted by atomic mass is 127. The number of hydrogen-bond donors (Lipinski definition) is 3. The van der Waals surface area contributed by atoms with E-state index in [1.807, 2.05) is 29.2 Å². The second-order valence-electron chi connectivity index (χ2n) is 12.6. The first-order valence-corrected chi connectivity index (χ1v) is 15.8. The first-order valence-electron chi connectivity index (χ1n) is 14.7. The van der Waals surface area contributed by atoms with Gasteiger partial charge in [0, 0.05) is 31.0 Å². The molecule has 0 aliphatic heterocycles. The molecule has 0 aromatic heterocycles. The van der Waals surface area contributed by atoms with Gasteiger partial charge in [-0.1, -0.05) is 38.8 Å². The minimum Gasteiger partial charge on any atom is -0.482 e. The highest BCUT2D eigenvalue weighted by Crippen LogP contribution is 2.61. The molecule has 1 aromatic rings. The fourth-order valence-electron chi connectivity index (χ4n) is 7.70. The molecule has 4 fully saturated rings. The Bertz CT molecular complexity index is 1080. The van der Waals surface area contributed by atoms with Crippen LogP contribution in [0.15, 0.2) is 35.9 Å². The number of para-hydroxylation sites is 1. The van der Waals surface area contributed by atoms with E-state index in [9.17, 15) is 19.8 Å². The van der Waals surface area contributed by atoms with Crippen LogP contribution in [0.4, 0.5) is 0 Å². The van der Waals surface area contributed by atoms with Crippen molar-refractivity contribution in [1.82, 2.24) is 10.2 Å². The van der Waals surface area contributed by atoms with E-state index in [1.54, 1.807) is 6.08 Å². The van der Waals surface area contributed by atoms with Crippen molar-refractivity contribution in [3.8, 4) is 5.75 Å². The minimum absolute atomic E-state index is 0.0186. The summed E-state index contributed by atoms with van der Waals surface area (Å²) in [6.45, 7) is 5.36. The zero-order valence-corrected chi connectivity index (χ0v) is 25.3. The predicted molar refractivity (Wildman–Crippen MR) is 158 cm³/mol. The highest BCUT2D eigenvalue weighted by molar-refractivity contribution is 14.1. The number of rotatable bonds is 9. The lowest BCUT2D eigenvalue weighted by Gasteiger charge is -2.61. The Balaban J connectivity index is 1.45. The van der Waals surface area contributed by atoms with Crippen LogP contribution in [0.5, 0.6) is 5.75 Å². The fraction of sp³-hybridized carbons (Fsp3) is 0.677. The maximum Gasteiger partial charge on any atom is 0.247 e. The second-order valence-corrected chi connectivity index (χ2v) is 13.8. The van der Waals surface area contributed by atoms with Gasteiger partial charge in [0.1, 0.15) is 18.0 Å². The molecule has 5 aliphatic carbocycles. The van der Waals surface area contributed by atoms with Crippen molar-refractivity contribution in [1.29, 1.82) is 0 Å². The number of aliphatic hydroxyl groups is 2. The summed E-state index contributed by atoms with van der Waals surface area (Å²) in [5.41, 5.74) is 0.785. The quantitative estimate of drug-likeness (QED) is 0.347. The Morgan fingerprint density at radius 1 is 1.15 bits per heavy atom. The number of halogens is 1. The smallest absolute Gasteiger partial charge is 0.247 e. The van der Waals surface area contributed by atoms with Crippen LogP contribution in [0.1, 0.15) is 65.2 Å². The van der Waals surface area contributed by atoms with Crippen molar-refractivity contribution >= 4 is 34.4 Å². The van der Waals surface area contributed by atoms with E-state index >= 15 is 0 Å². The summed E-state index contributed by atoms with van der Waals surface area (Å²) >= 11 is 2.20. The Hall–Kier alpha value is -1.65. The average Bonchev–Trinajstić information content (AvgIpc) is 3.47. The summed E-state index contributed by atoms with van der Waals surface area (Å²) < 4.78 is 7.23. The van der Waals surface area contributed by atoms with Gasteiger partial charge in [0.05, 0.1) is 16.2 Å². The summed E-state index contributed by atoms with van der Waals surface area (Å²) in [7, 11) is 0. The molecule has 3 N–H and O–H groups in total. The van der Waals surface area contributed by atoms with Crippen LogP contribution in [0, 0.1) is 32.7 Å². The molecule has 6 rings (SSSR count). The van der Waals surface area contributed by atoms with Gasteiger partial charge in [0.25, 0.3) is 0 Å². The molecule has 6 atom stereocenters. The van der Waals surface area contributed by atoms with Crippen molar-refractivity contribution < 1.29 is 24.5 Å². The van der Waals surface area contributed by atoms with E-state index in [4.69, 9.17) is 4.74 Å². The number of nitrogens with one attached hydrogen (secondary N) is 1. The second kappa shape index (κ2) is 12.1. The first-order chi connectivity index (χ1) is 18.7. The number of aliphatic hydroxyl groups excluding tert-OH is 2. The van der Waals surface area contributed by atoms with Gasteiger partial charge in [-0.2, -0.15) is 0 Å². The summed E-state index contributed by atoms with van der Waals surface area (Å²) in [5.74, 6) is 2.21. The van der Waals surface area contributed by atoms with E-state index in [0.29, 0.717) is 35.1 Å². The van der Waals surface area contributed by atoms with Crippen molar-refractivity contribution in [2.24, 2.45) is 29.1 Å². The number of amides is 2. The number of nitrogens with zero attached hydrogens (tertiary/aromatic N) is 1. The molecule has 7 nitrogen and oxygen atoms in total. The molecule has 5 aliphatic rings. The zero-order valence-electron chi connectivity index (χ0n) is 23.2. The van der Waals surface area contributed by atoms with Crippen molar-refractivity contribution in [3.05, 3.63) is 39.5 Å². The molecule has 2 bridgehead atoms. The molecular formula is C31H43IN2O5. The number of fused-ring (bicyclic) bond motifs is 2. The number of carbonyl (C=O) groups excluding carboxylic acids is 2. The summed E-state index contributed by atoms with van der Waals surface area (Å²) in [6.07, 6.45) is 7.66. The third kappa shape index (κ3) is 5.89. The summed E-state index contributed by atoms with van der Waals surface area (Å²) in [5, 5.41) is 23.8. The van der Waals surface area contributed by atoms with E-state index in [-0.39, 0.29) is 37.3 Å². The van der Waals surface area contributed by atoms with Crippen molar-refractivity contribution in [3.63, 3.8) is 0 Å². The van der Waals surface area contributed by atoms with Crippen LogP contribution in [0.3, 0.4) is 0 Å². The lowest BCUT2D eigenvalue weighted by molar-refractivity contribution is -0.151. The van der Waals surface area contributed by atoms with Crippen LogP contribution in [-0.4, -0.2) is 64.9 Å². The molecule has 214 valence electrons. The molecule has 0 heterocycles. The summed E-state index contributed by atoms with van der Waals surface area (Å²) in [4.78, 5) is 29.2. The normalized spacial score (nSPS) is 31.7. The van der Waals surface area contributed by atoms with Crippen molar-refractivity contribution in [2.75, 3.05) is 19.7 Å². The molecule has 6 unspecified atom stereocenters. The number of hydrogen-bond acceptors (Lipinski definition) is 5. The molecule has 2 amide bonds. The maximum absolute atomic E-state index is 14.1. The number of carbonyl (C=O) groups is 2. The lowest BCUT2D eigenvalue weighted by atomic mass is 9.45. The van der Waals surface area contributed by atoms with Gasteiger partial charge in [-0.05, 0) is 96.1 Å². The van der Waals surface area contributed by atoms with Crippen LogP contribution >= 0.6 is 22.6 Å². The van der Waals surface area contributed by atoms with E-state index in [2.05, 4.69) is 41.8 Å². The van der Waals surface area contributed by atoms with E-state index < -0.39 is 18.2 Å². The van der Waals surface area contributed by atoms with E-state index in [1.165, 1.54) is 12.8 Å². The molecule has 1 aromatic carbocycles. The van der Waals surface area contributed by atoms with Crippen LogP contribution in [0.2, 0.25) is 0 Å². The van der Waals surface area contributed by atoms with Gasteiger partial charge < -0.3 is 25.2 Å². The number of benzene rings is 1. The molecule has 4 saturated carbocycles. The standard InChI is InChI=1S/C31H43IN2O5/c1-31(2)22-12-11-20(23(31)17-22)18-34(30(38)19-7-3-4-8-19)25-15-21(29(37)33-13-14-35)16-27(28(25)36)39-26-10-6-5-9-24(26)32/h5-6,9-10,16,19-20,22-23,25,27-28,35-36H,3-4,7-8,11-15,17-18H2,1-2H3,(H,33,37). The Morgan fingerprint density at radius 2 is 1.90 bits per heavy atom. The van der Waals surface area contributed by atoms with Gasteiger partial charge in [0.2, 0.25) is 11.8 Å². The van der Waals surface area contributed by atoms with Gasteiger partial charge in [-0.3, -0.25) is 9.59 Å².